The molecule has 122 valence electrons. The third-order valence-corrected chi connectivity index (χ3v) is 3.27. The van der Waals surface area contributed by atoms with Crippen LogP contribution < -0.4 is 0 Å². The molecule has 21 heavy (non-hydrogen) atoms. The van der Waals surface area contributed by atoms with Gasteiger partial charge in [0.25, 0.3) is 0 Å². The number of halogens is 1. The smallest absolute Gasteiger partial charge is 0.333 e. The van der Waals surface area contributed by atoms with Crippen LogP contribution in [0.5, 0.6) is 0 Å². The minimum Gasteiger partial charge on any atom is -0.478 e. The summed E-state index contributed by atoms with van der Waals surface area (Å²) in [6.45, 7) is 4.58. The molecule has 1 aliphatic heterocycles. The third kappa shape index (κ3) is 8.70. The van der Waals surface area contributed by atoms with Crippen LogP contribution in [-0.2, 0) is 19.1 Å². The van der Waals surface area contributed by atoms with Crippen LogP contribution in [0.4, 0.5) is 0 Å². The van der Waals surface area contributed by atoms with Gasteiger partial charge in [-0.05, 0) is 25.8 Å². The molecule has 1 aliphatic rings. The Kier molecular flexibility index (Phi) is 10.9. The van der Waals surface area contributed by atoms with Crippen molar-refractivity contribution in [2.45, 2.75) is 25.7 Å². The van der Waals surface area contributed by atoms with Crippen molar-refractivity contribution < 1.29 is 24.2 Å². The van der Waals surface area contributed by atoms with Crippen LogP contribution in [0.1, 0.15) is 25.7 Å². The average molecular weight is 322 g/mol. The number of carbonyl (C=O) groups is 2. The fraction of sp³-hybridized carbons (Fsp3) is 0.714. The maximum Gasteiger partial charge on any atom is 0.333 e. The SMILES string of the molecule is COC(=O)/C(=C/C(=O)O)CCCCCN1CCOCC1.Cl. The molecule has 0 aromatic heterocycles. The average Bonchev–Trinajstić information content (AvgIpc) is 2.45. The van der Waals surface area contributed by atoms with E-state index in [2.05, 4.69) is 9.64 Å². The third-order valence-electron chi connectivity index (χ3n) is 3.27. The van der Waals surface area contributed by atoms with Gasteiger partial charge in [0.1, 0.15) is 0 Å². The fourth-order valence-electron chi connectivity index (χ4n) is 2.17. The first-order valence-electron chi connectivity index (χ1n) is 6.95. The molecule has 0 saturated carbocycles. The van der Waals surface area contributed by atoms with Crippen LogP contribution in [-0.4, -0.2) is 61.9 Å². The summed E-state index contributed by atoms with van der Waals surface area (Å²) in [5.41, 5.74) is 0.228. The summed E-state index contributed by atoms with van der Waals surface area (Å²) in [5, 5.41) is 8.70. The van der Waals surface area contributed by atoms with E-state index in [4.69, 9.17) is 9.84 Å². The summed E-state index contributed by atoms with van der Waals surface area (Å²) < 4.78 is 9.85. The molecule has 6 nitrogen and oxygen atoms in total. The van der Waals surface area contributed by atoms with Crippen LogP contribution in [0.25, 0.3) is 0 Å². The number of carboxylic acid groups (broad SMARTS) is 1. The Balaban J connectivity index is 0.00000400. The molecule has 1 N–H and O–H groups in total. The van der Waals surface area contributed by atoms with Crippen molar-refractivity contribution in [2.75, 3.05) is 40.0 Å². The molecule has 0 aromatic rings. The van der Waals surface area contributed by atoms with E-state index in [9.17, 15) is 9.59 Å². The number of carbonyl (C=O) groups excluding carboxylic acids is 1. The topological polar surface area (TPSA) is 76.1 Å². The van der Waals surface area contributed by atoms with Gasteiger partial charge in [0.05, 0.1) is 20.3 Å². The molecule has 1 rings (SSSR count). The molecule has 0 unspecified atom stereocenters. The number of hydrogen-bond donors (Lipinski definition) is 1. The van der Waals surface area contributed by atoms with E-state index >= 15 is 0 Å². The summed E-state index contributed by atoms with van der Waals surface area (Å²) in [6, 6.07) is 0. The lowest BCUT2D eigenvalue weighted by atomic mass is 10.1. The van der Waals surface area contributed by atoms with Gasteiger partial charge in [0, 0.05) is 24.7 Å². The van der Waals surface area contributed by atoms with E-state index in [1.54, 1.807) is 0 Å². The van der Waals surface area contributed by atoms with Gasteiger partial charge in [-0.15, -0.1) is 12.4 Å². The van der Waals surface area contributed by atoms with Gasteiger partial charge in [-0.25, -0.2) is 9.59 Å². The number of unbranched alkanes of at least 4 members (excludes halogenated alkanes) is 2. The first kappa shape index (κ1) is 19.9. The lowest BCUT2D eigenvalue weighted by molar-refractivity contribution is -0.137. The van der Waals surface area contributed by atoms with Crippen LogP contribution in [0.15, 0.2) is 11.6 Å². The Morgan fingerprint density at radius 3 is 2.48 bits per heavy atom. The van der Waals surface area contributed by atoms with Gasteiger partial charge in [0.2, 0.25) is 0 Å². The normalized spacial score (nSPS) is 16.1. The molecule has 0 spiro atoms. The first-order valence-corrected chi connectivity index (χ1v) is 6.95. The van der Waals surface area contributed by atoms with E-state index in [1.165, 1.54) is 7.11 Å². The molecule has 1 fully saturated rings. The molecular formula is C14H24ClNO5. The molecular weight excluding hydrogens is 298 g/mol. The highest BCUT2D eigenvalue weighted by Gasteiger charge is 2.12. The second-order valence-electron chi connectivity index (χ2n) is 4.76. The second kappa shape index (κ2) is 11.5. The summed E-state index contributed by atoms with van der Waals surface area (Å²) >= 11 is 0. The van der Waals surface area contributed by atoms with Crippen LogP contribution >= 0.6 is 12.4 Å². The predicted molar refractivity (Wildman–Crippen MR) is 80.7 cm³/mol. The van der Waals surface area contributed by atoms with Crippen LogP contribution in [0.3, 0.4) is 0 Å². The van der Waals surface area contributed by atoms with Gasteiger partial charge in [-0.3, -0.25) is 4.90 Å². The van der Waals surface area contributed by atoms with E-state index in [1.807, 2.05) is 0 Å². The number of nitrogens with zero attached hydrogens (tertiary/aromatic N) is 1. The Morgan fingerprint density at radius 1 is 1.24 bits per heavy atom. The van der Waals surface area contributed by atoms with Gasteiger partial charge >= 0.3 is 11.9 Å². The van der Waals surface area contributed by atoms with Crippen molar-refractivity contribution in [3.63, 3.8) is 0 Å². The lowest BCUT2D eigenvalue weighted by Crippen LogP contribution is -2.36. The number of morpholine rings is 1. The standard InChI is InChI=1S/C14H23NO5.ClH/c1-19-14(18)12(11-13(16)17)5-3-2-4-6-15-7-9-20-10-8-15;/h11H,2-10H2,1H3,(H,16,17);1H/b12-11+;. The molecule has 7 heteroatoms. The lowest BCUT2D eigenvalue weighted by Gasteiger charge is -2.26. The van der Waals surface area contributed by atoms with Crippen molar-refractivity contribution in [1.82, 2.24) is 4.90 Å². The Labute approximate surface area is 131 Å². The monoisotopic (exact) mass is 321 g/mol. The van der Waals surface area contributed by atoms with Crippen LogP contribution in [0, 0.1) is 0 Å². The number of esters is 1. The largest absolute Gasteiger partial charge is 0.478 e. The van der Waals surface area contributed by atoms with E-state index in [0.29, 0.717) is 6.42 Å². The van der Waals surface area contributed by atoms with Crippen molar-refractivity contribution in [3.05, 3.63) is 11.6 Å². The summed E-state index contributed by atoms with van der Waals surface area (Å²) in [4.78, 5) is 24.4. The van der Waals surface area contributed by atoms with Crippen molar-refractivity contribution >= 4 is 24.3 Å². The highest BCUT2D eigenvalue weighted by atomic mass is 35.5. The zero-order valence-corrected chi connectivity index (χ0v) is 13.2. The molecule has 0 radical (unpaired) electrons. The number of aliphatic carboxylic acids is 1. The molecule has 0 amide bonds. The Bertz CT molecular complexity index is 353. The van der Waals surface area contributed by atoms with E-state index in [0.717, 1.165) is 58.2 Å². The minimum absolute atomic E-state index is 0. The number of rotatable bonds is 8. The second-order valence-corrected chi connectivity index (χ2v) is 4.76. The zero-order chi connectivity index (χ0) is 14.8. The highest BCUT2D eigenvalue weighted by Crippen LogP contribution is 2.11. The summed E-state index contributed by atoms with van der Waals surface area (Å²) in [7, 11) is 1.26. The van der Waals surface area contributed by atoms with Crippen molar-refractivity contribution in [1.29, 1.82) is 0 Å². The van der Waals surface area contributed by atoms with Gasteiger partial charge < -0.3 is 14.6 Å². The zero-order valence-electron chi connectivity index (χ0n) is 12.4. The molecule has 0 atom stereocenters. The quantitative estimate of drug-likeness (QED) is 0.414. The number of methoxy groups -OCH3 is 1. The number of carboxylic acids is 1. The van der Waals surface area contributed by atoms with Gasteiger partial charge in [-0.2, -0.15) is 0 Å². The van der Waals surface area contributed by atoms with E-state index in [-0.39, 0.29) is 18.0 Å². The van der Waals surface area contributed by atoms with Crippen LogP contribution in [0.2, 0.25) is 0 Å². The van der Waals surface area contributed by atoms with Crippen molar-refractivity contribution in [3.8, 4) is 0 Å². The first-order chi connectivity index (χ1) is 9.63. The highest BCUT2D eigenvalue weighted by molar-refractivity contribution is 5.95. The fourth-order valence-corrected chi connectivity index (χ4v) is 2.17. The summed E-state index contributed by atoms with van der Waals surface area (Å²) in [5.74, 6) is -1.67. The maximum absolute atomic E-state index is 11.4. The Morgan fingerprint density at radius 2 is 1.90 bits per heavy atom. The summed E-state index contributed by atoms with van der Waals surface area (Å²) in [6.07, 6.45) is 4.18. The van der Waals surface area contributed by atoms with E-state index < -0.39 is 11.9 Å². The molecule has 1 heterocycles. The van der Waals surface area contributed by atoms with Gasteiger partial charge in [-0.1, -0.05) is 6.42 Å². The molecule has 0 aliphatic carbocycles. The molecule has 1 saturated heterocycles. The van der Waals surface area contributed by atoms with Crippen molar-refractivity contribution in [2.24, 2.45) is 0 Å². The van der Waals surface area contributed by atoms with Gasteiger partial charge in [0.15, 0.2) is 0 Å². The number of ether oxygens (including phenoxy) is 2. The molecule has 0 bridgehead atoms. The minimum atomic E-state index is -1.11. The molecule has 0 aromatic carbocycles. The maximum atomic E-state index is 11.4. The predicted octanol–water partition coefficient (Wildman–Crippen LogP) is 1.48. The number of hydrogen-bond acceptors (Lipinski definition) is 5. The Hall–Kier alpha value is -1.11.